The molecule has 2 unspecified atom stereocenters. The average Bonchev–Trinajstić information content (AvgIpc) is 2.83. The number of carbonyl (C=O) groups is 1. The van der Waals surface area contributed by atoms with Gasteiger partial charge in [0, 0.05) is 13.1 Å². The molecule has 3 N–H and O–H groups in total. The monoisotopic (exact) mass is 309 g/mol. The molecule has 2 heterocycles. The molecule has 0 spiro atoms. The van der Waals surface area contributed by atoms with E-state index in [1.54, 1.807) is 0 Å². The first-order chi connectivity index (χ1) is 10.1. The van der Waals surface area contributed by atoms with Crippen LogP contribution in [0.2, 0.25) is 0 Å². The van der Waals surface area contributed by atoms with Crippen molar-refractivity contribution in [2.45, 2.75) is 24.1 Å². The second kappa shape index (κ2) is 5.55. The SMILES string of the molecule is O=C(NCC1CCCS1(=O)=O)C1CNc2ccccc2N1. The van der Waals surface area contributed by atoms with Crippen molar-refractivity contribution in [3.8, 4) is 0 Å². The normalized spacial score (nSPS) is 26.3. The Morgan fingerprint density at radius 1 is 1.29 bits per heavy atom. The summed E-state index contributed by atoms with van der Waals surface area (Å²) in [5.41, 5.74) is 1.86. The number of benzene rings is 1. The zero-order valence-corrected chi connectivity index (χ0v) is 12.4. The van der Waals surface area contributed by atoms with Gasteiger partial charge in [-0.1, -0.05) is 12.1 Å². The van der Waals surface area contributed by atoms with Crippen LogP contribution < -0.4 is 16.0 Å². The molecule has 1 amide bonds. The van der Waals surface area contributed by atoms with E-state index in [0.29, 0.717) is 19.4 Å². The fourth-order valence-corrected chi connectivity index (χ4v) is 4.56. The predicted molar refractivity (Wildman–Crippen MR) is 82.2 cm³/mol. The standard InChI is InChI=1S/C14H19N3O3S/c18-14(16-8-10-4-3-7-21(10,19)20)13-9-15-11-5-1-2-6-12(11)17-13/h1-2,5-6,10,13,15,17H,3-4,7-9H2,(H,16,18). The molecule has 0 bridgehead atoms. The van der Waals surface area contributed by atoms with Crippen molar-refractivity contribution in [1.82, 2.24) is 5.32 Å². The molecule has 114 valence electrons. The fraction of sp³-hybridized carbons (Fsp3) is 0.500. The maximum absolute atomic E-state index is 12.2. The number of hydrogen-bond acceptors (Lipinski definition) is 5. The minimum Gasteiger partial charge on any atom is -0.381 e. The number of hydrogen-bond donors (Lipinski definition) is 3. The van der Waals surface area contributed by atoms with E-state index in [2.05, 4.69) is 16.0 Å². The third-order valence-electron chi connectivity index (χ3n) is 4.04. The molecule has 3 rings (SSSR count). The summed E-state index contributed by atoms with van der Waals surface area (Å²) in [4.78, 5) is 12.2. The van der Waals surface area contributed by atoms with Crippen LogP contribution in [-0.2, 0) is 14.6 Å². The third-order valence-corrected chi connectivity index (χ3v) is 6.31. The van der Waals surface area contributed by atoms with Gasteiger partial charge in [0.1, 0.15) is 6.04 Å². The summed E-state index contributed by atoms with van der Waals surface area (Å²) in [6.07, 6.45) is 1.33. The van der Waals surface area contributed by atoms with Crippen LogP contribution in [-0.4, -0.2) is 44.5 Å². The highest BCUT2D eigenvalue weighted by Gasteiger charge is 2.32. The molecule has 1 fully saturated rings. The van der Waals surface area contributed by atoms with E-state index in [9.17, 15) is 13.2 Å². The third kappa shape index (κ3) is 2.97. The Morgan fingerprint density at radius 2 is 2.05 bits per heavy atom. The molecule has 0 saturated carbocycles. The molecule has 1 aromatic carbocycles. The lowest BCUT2D eigenvalue weighted by Gasteiger charge is -2.27. The Hall–Kier alpha value is -1.76. The lowest BCUT2D eigenvalue weighted by Crippen LogP contribution is -2.48. The van der Waals surface area contributed by atoms with E-state index >= 15 is 0 Å². The van der Waals surface area contributed by atoms with E-state index in [1.807, 2.05) is 24.3 Å². The van der Waals surface area contributed by atoms with Gasteiger partial charge < -0.3 is 16.0 Å². The Labute approximate surface area is 124 Å². The van der Waals surface area contributed by atoms with Crippen molar-refractivity contribution in [3.05, 3.63) is 24.3 Å². The van der Waals surface area contributed by atoms with Gasteiger partial charge in [-0.2, -0.15) is 0 Å². The number of nitrogens with one attached hydrogen (secondary N) is 3. The van der Waals surface area contributed by atoms with Crippen LogP contribution in [0.5, 0.6) is 0 Å². The largest absolute Gasteiger partial charge is 0.381 e. The van der Waals surface area contributed by atoms with Crippen LogP contribution >= 0.6 is 0 Å². The van der Waals surface area contributed by atoms with Crippen molar-refractivity contribution >= 4 is 27.1 Å². The Bertz CT molecular complexity index is 645. The molecule has 21 heavy (non-hydrogen) atoms. The predicted octanol–water partition coefficient (Wildman–Crippen LogP) is 0.586. The average molecular weight is 309 g/mol. The molecule has 0 aliphatic carbocycles. The molecule has 7 heteroatoms. The van der Waals surface area contributed by atoms with Gasteiger partial charge in [-0.25, -0.2) is 8.42 Å². The summed E-state index contributed by atoms with van der Waals surface area (Å²) < 4.78 is 23.5. The van der Waals surface area contributed by atoms with Crippen molar-refractivity contribution in [1.29, 1.82) is 0 Å². The van der Waals surface area contributed by atoms with Crippen molar-refractivity contribution in [2.24, 2.45) is 0 Å². The summed E-state index contributed by atoms with van der Waals surface area (Å²) >= 11 is 0. The first kappa shape index (κ1) is 14.2. The van der Waals surface area contributed by atoms with Crippen molar-refractivity contribution in [3.63, 3.8) is 0 Å². The van der Waals surface area contributed by atoms with Crippen LogP contribution in [0.4, 0.5) is 11.4 Å². The molecular formula is C14H19N3O3S. The zero-order chi connectivity index (χ0) is 14.9. The molecule has 1 saturated heterocycles. The van der Waals surface area contributed by atoms with Crippen LogP contribution in [0.1, 0.15) is 12.8 Å². The number of rotatable bonds is 3. The molecular weight excluding hydrogens is 290 g/mol. The minimum absolute atomic E-state index is 0.167. The molecule has 2 atom stereocenters. The topological polar surface area (TPSA) is 87.3 Å². The van der Waals surface area contributed by atoms with Crippen LogP contribution in [0, 0.1) is 0 Å². The lowest BCUT2D eigenvalue weighted by molar-refractivity contribution is -0.121. The Kier molecular flexibility index (Phi) is 3.75. The summed E-state index contributed by atoms with van der Waals surface area (Å²) in [7, 11) is -3.01. The van der Waals surface area contributed by atoms with Gasteiger partial charge in [-0.3, -0.25) is 4.79 Å². The first-order valence-electron chi connectivity index (χ1n) is 7.15. The number of fused-ring (bicyclic) bond motifs is 1. The number of amides is 1. The number of sulfone groups is 1. The zero-order valence-electron chi connectivity index (χ0n) is 11.6. The molecule has 2 aliphatic heterocycles. The summed E-state index contributed by atoms with van der Waals surface area (Å²) in [5.74, 6) is 0.0727. The molecule has 0 aromatic heterocycles. The van der Waals surface area contributed by atoms with Gasteiger partial charge in [-0.05, 0) is 25.0 Å². The fourth-order valence-electron chi connectivity index (χ4n) is 2.80. The number of para-hydroxylation sites is 2. The van der Waals surface area contributed by atoms with E-state index in [4.69, 9.17) is 0 Å². The summed E-state index contributed by atoms with van der Waals surface area (Å²) in [5, 5.41) is 8.70. The summed E-state index contributed by atoms with van der Waals surface area (Å²) in [6.45, 7) is 0.696. The van der Waals surface area contributed by atoms with Gasteiger partial charge >= 0.3 is 0 Å². The molecule has 2 aliphatic rings. The lowest BCUT2D eigenvalue weighted by atomic mass is 10.1. The highest BCUT2D eigenvalue weighted by molar-refractivity contribution is 7.92. The smallest absolute Gasteiger partial charge is 0.244 e. The van der Waals surface area contributed by atoms with Crippen LogP contribution in [0.25, 0.3) is 0 Å². The van der Waals surface area contributed by atoms with E-state index < -0.39 is 15.1 Å². The van der Waals surface area contributed by atoms with Crippen molar-refractivity contribution < 1.29 is 13.2 Å². The summed E-state index contributed by atoms with van der Waals surface area (Å²) in [6, 6.07) is 7.30. The number of anilines is 2. The van der Waals surface area contributed by atoms with Gasteiger partial charge in [0.05, 0.1) is 22.4 Å². The van der Waals surface area contributed by atoms with Gasteiger partial charge in [0.2, 0.25) is 5.91 Å². The van der Waals surface area contributed by atoms with Crippen LogP contribution in [0.15, 0.2) is 24.3 Å². The van der Waals surface area contributed by atoms with E-state index in [0.717, 1.165) is 11.4 Å². The van der Waals surface area contributed by atoms with Gasteiger partial charge in [-0.15, -0.1) is 0 Å². The maximum Gasteiger partial charge on any atom is 0.244 e. The maximum atomic E-state index is 12.2. The van der Waals surface area contributed by atoms with Gasteiger partial charge in [0.15, 0.2) is 9.84 Å². The van der Waals surface area contributed by atoms with Gasteiger partial charge in [0.25, 0.3) is 0 Å². The van der Waals surface area contributed by atoms with Crippen LogP contribution in [0.3, 0.4) is 0 Å². The minimum atomic E-state index is -3.01. The molecule has 1 aromatic rings. The van der Waals surface area contributed by atoms with E-state index in [-0.39, 0.29) is 24.2 Å². The Balaban J connectivity index is 1.57. The highest BCUT2D eigenvalue weighted by atomic mass is 32.2. The molecule has 6 nitrogen and oxygen atoms in total. The first-order valence-corrected chi connectivity index (χ1v) is 8.86. The molecule has 0 radical (unpaired) electrons. The Morgan fingerprint density at radius 3 is 2.76 bits per heavy atom. The second-order valence-corrected chi connectivity index (χ2v) is 7.90. The quantitative estimate of drug-likeness (QED) is 0.760. The van der Waals surface area contributed by atoms with E-state index in [1.165, 1.54) is 0 Å². The number of carbonyl (C=O) groups excluding carboxylic acids is 1. The van der Waals surface area contributed by atoms with Crippen molar-refractivity contribution in [2.75, 3.05) is 29.5 Å². The highest BCUT2D eigenvalue weighted by Crippen LogP contribution is 2.25. The second-order valence-electron chi connectivity index (χ2n) is 5.50.